The molecule has 0 radical (unpaired) electrons. The Morgan fingerprint density at radius 2 is 2.00 bits per heavy atom. The molecule has 2 aromatic rings. The van der Waals surface area contributed by atoms with E-state index in [0.717, 1.165) is 11.1 Å². The second kappa shape index (κ2) is 5.97. The Morgan fingerprint density at radius 1 is 1.23 bits per heavy atom. The van der Waals surface area contributed by atoms with Gasteiger partial charge in [-0.05, 0) is 18.6 Å². The topological polar surface area (TPSA) is 77.6 Å². The molecule has 112 valence electrons. The minimum Gasteiger partial charge on any atom is -0.465 e. The average molecular weight is 295 g/mol. The van der Waals surface area contributed by atoms with Gasteiger partial charge >= 0.3 is 5.97 Å². The van der Waals surface area contributed by atoms with E-state index in [1.54, 1.807) is 13.1 Å². The molecule has 0 fully saturated rings. The fourth-order valence-electron chi connectivity index (χ4n) is 2.81. The van der Waals surface area contributed by atoms with Gasteiger partial charge in [0.15, 0.2) is 5.82 Å². The third-order valence-corrected chi connectivity index (χ3v) is 3.74. The van der Waals surface area contributed by atoms with Crippen LogP contribution in [0.15, 0.2) is 53.7 Å². The number of hydrogen-bond acceptors (Lipinski definition) is 5. The standard InChI is InChI=1S/C17H17N3O2/c1-2-22-17(21)14-13(11-7-4-3-5-8-11)12-9-6-10-19-16(12)20-15(14)18/h3-10,13-14H,2H2,1H3,(H2,18,19,20)/t13-,14-/m1/s1. The van der Waals surface area contributed by atoms with E-state index in [-0.39, 0.29) is 17.7 Å². The number of carbonyl (C=O) groups excluding carboxylic acids is 1. The van der Waals surface area contributed by atoms with Gasteiger partial charge in [-0.1, -0.05) is 36.4 Å². The summed E-state index contributed by atoms with van der Waals surface area (Å²) < 4.78 is 5.20. The Hall–Kier alpha value is -2.69. The van der Waals surface area contributed by atoms with Gasteiger partial charge in [0.05, 0.1) is 6.61 Å². The Labute approximate surface area is 128 Å². The molecule has 0 saturated carbocycles. The fraction of sp³-hybridized carbons (Fsp3) is 0.235. The molecule has 0 spiro atoms. The molecule has 2 N–H and O–H groups in total. The van der Waals surface area contributed by atoms with Crippen molar-refractivity contribution in [3.8, 4) is 0 Å². The Balaban J connectivity index is 2.14. The van der Waals surface area contributed by atoms with E-state index in [1.807, 2.05) is 42.5 Å². The van der Waals surface area contributed by atoms with Crippen LogP contribution in [-0.4, -0.2) is 23.4 Å². The lowest BCUT2D eigenvalue weighted by molar-refractivity contribution is -0.146. The van der Waals surface area contributed by atoms with Crippen LogP contribution in [0, 0.1) is 5.92 Å². The zero-order valence-electron chi connectivity index (χ0n) is 12.3. The summed E-state index contributed by atoms with van der Waals surface area (Å²) >= 11 is 0. The molecule has 0 saturated heterocycles. The molecule has 1 aromatic heterocycles. The highest BCUT2D eigenvalue weighted by atomic mass is 16.5. The lowest BCUT2D eigenvalue weighted by atomic mass is 9.78. The molecule has 22 heavy (non-hydrogen) atoms. The molecule has 5 heteroatoms. The van der Waals surface area contributed by atoms with Gasteiger partial charge in [-0.15, -0.1) is 0 Å². The van der Waals surface area contributed by atoms with E-state index in [0.29, 0.717) is 12.4 Å². The van der Waals surface area contributed by atoms with Gasteiger partial charge in [-0.3, -0.25) is 4.79 Å². The number of amidine groups is 1. The Bertz CT molecular complexity index is 713. The molecule has 1 aliphatic rings. The maximum Gasteiger partial charge on any atom is 0.317 e. The molecule has 0 unspecified atom stereocenters. The summed E-state index contributed by atoms with van der Waals surface area (Å²) in [6.07, 6.45) is 1.67. The van der Waals surface area contributed by atoms with Crippen molar-refractivity contribution in [3.05, 3.63) is 59.8 Å². The molecule has 5 nitrogen and oxygen atoms in total. The number of carbonyl (C=O) groups is 1. The van der Waals surface area contributed by atoms with Crippen molar-refractivity contribution in [1.82, 2.24) is 4.98 Å². The first kappa shape index (κ1) is 14.3. The predicted molar refractivity (Wildman–Crippen MR) is 83.9 cm³/mol. The maximum absolute atomic E-state index is 12.4. The van der Waals surface area contributed by atoms with E-state index >= 15 is 0 Å². The van der Waals surface area contributed by atoms with Gasteiger partial charge in [0.25, 0.3) is 0 Å². The van der Waals surface area contributed by atoms with Crippen molar-refractivity contribution in [3.63, 3.8) is 0 Å². The largest absolute Gasteiger partial charge is 0.465 e. The van der Waals surface area contributed by atoms with Crippen LogP contribution in [0.2, 0.25) is 0 Å². The van der Waals surface area contributed by atoms with Crippen LogP contribution in [-0.2, 0) is 9.53 Å². The SMILES string of the molecule is CCOC(=O)[C@H]1C(N)=Nc2ncccc2[C@H]1c1ccccc1. The molecule has 0 amide bonds. The van der Waals surface area contributed by atoms with Gasteiger partial charge in [-0.25, -0.2) is 9.98 Å². The van der Waals surface area contributed by atoms with E-state index < -0.39 is 5.92 Å². The smallest absolute Gasteiger partial charge is 0.317 e. The number of aliphatic imine (C=N–C) groups is 1. The number of ether oxygens (including phenoxy) is 1. The number of aromatic nitrogens is 1. The van der Waals surface area contributed by atoms with Gasteiger partial charge in [0.2, 0.25) is 0 Å². The highest BCUT2D eigenvalue weighted by Gasteiger charge is 2.39. The normalized spacial score (nSPS) is 20.0. The molecular formula is C17H17N3O2. The van der Waals surface area contributed by atoms with Crippen LogP contribution in [0.1, 0.15) is 24.0 Å². The van der Waals surface area contributed by atoms with E-state index in [2.05, 4.69) is 9.98 Å². The summed E-state index contributed by atoms with van der Waals surface area (Å²) in [6, 6.07) is 13.5. The minimum absolute atomic E-state index is 0.235. The average Bonchev–Trinajstić information content (AvgIpc) is 2.54. The molecule has 0 aliphatic carbocycles. The van der Waals surface area contributed by atoms with E-state index in [4.69, 9.17) is 10.5 Å². The second-order valence-electron chi connectivity index (χ2n) is 5.07. The van der Waals surface area contributed by atoms with Crippen molar-refractivity contribution in [2.45, 2.75) is 12.8 Å². The van der Waals surface area contributed by atoms with Gasteiger partial charge in [0, 0.05) is 17.7 Å². The third kappa shape index (κ3) is 2.45. The van der Waals surface area contributed by atoms with Crippen molar-refractivity contribution < 1.29 is 9.53 Å². The maximum atomic E-state index is 12.4. The summed E-state index contributed by atoms with van der Waals surface area (Å²) in [5.41, 5.74) is 7.94. The van der Waals surface area contributed by atoms with E-state index in [9.17, 15) is 4.79 Å². The first-order valence-corrected chi connectivity index (χ1v) is 7.23. The van der Waals surface area contributed by atoms with Crippen molar-refractivity contribution in [1.29, 1.82) is 0 Å². The fourth-order valence-corrected chi connectivity index (χ4v) is 2.81. The van der Waals surface area contributed by atoms with Gasteiger partial charge in [-0.2, -0.15) is 0 Å². The Morgan fingerprint density at radius 3 is 2.73 bits per heavy atom. The summed E-state index contributed by atoms with van der Waals surface area (Å²) in [5, 5.41) is 0. The number of esters is 1. The second-order valence-corrected chi connectivity index (χ2v) is 5.07. The zero-order chi connectivity index (χ0) is 15.5. The molecular weight excluding hydrogens is 278 g/mol. The Kier molecular flexibility index (Phi) is 3.87. The number of rotatable bonds is 3. The molecule has 3 rings (SSSR count). The number of hydrogen-bond donors (Lipinski definition) is 1. The zero-order valence-corrected chi connectivity index (χ0v) is 12.3. The number of fused-ring (bicyclic) bond motifs is 1. The van der Waals surface area contributed by atoms with E-state index in [1.165, 1.54) is 0 Å². The number of benzene rings is 1. The summed E-state index contributed by atoms with van der Waals surface area (Å²) in [7, 11) is 0. The van der Waals surface area contributed by atoms with Crippen molar-refractivity contribution in [2.75, 3.05) is 6.61 Å². The van der Waals surface area contributed by atoms with Gasteiger partial charge < -0.3 is 10.5 Å². The van der Waals surface area contributed by atoms with Crippen LogP contribution in [0.4, 0.5) is 5.82 Å². The molecule has 2 atom stereocenters. The van der Waals surface area contributed by atoms with Crippen LogP contribution >= 0.6 is 0 Å². The number of nitrogens with zero attached hydrogens (tertiary/aromatic N) is 2. The van der Waals surface area contributed by atoms with Crippen LogP contribution < -0.4 is 5.73 Å². The van der Waals surface area contributed by atoms with Crippen LogP contribution in [0.25, 0.3) is 0 Å². The van der Waals surface area contributed by atoms with Crippen molar-refractivity contribution in [2.24, 2.45) is 16.6 Å². The van der Waals surface area contributed by atoms with Gasteiger partial charge in [0.1, 0.15) is 11.8 Å². The molecule has 2 heterocycles. The summed E-state index contributed by atoms with van der Waals surface area (Å²) in [6.45, 7) is 2.09. The monoisotopic (exact) mass is 295 g/mol. The first-order chi connectivity index (χ1) is 10.7. The highest BCUT2D eigenvalue weighted by Crippen LogP contribution is 2.40. The first-order valence-electron chi connectivity index (χ1n) is 7.23. The number of pyridine rings is 1. The summed E-state index contributed by atoms with van der Waals surface area (Å²) in [5.74, 6) is -0.402. The molecule has 1 aliphatic heterocycles. The quantitative estimate of drug-likeness (QED) is 0.882. The molecule has 0 bridgehead atoms. The van der Waals surface area contributed by atoms with Crippen LogP contribution in [0.5, 0.6) is 0 Å². The third-order valence-electron chi connectivity index (χ3n) is 3.74. The molecule has 1 aromatic carbocycles. The summed E-state index contributed by atoms with van der Waals surface area (Å²) in [4.78, 5) is 21.0. The highest BCUT2D eigenvalue weighted by molar-refractivity contribution is 6.04. The lowest BCUT2D eigenvalue weighted by Crippen LogP contribution is -2.39. The van der Waals surface area contributed by atoms with Crippen molar-refractivity contribution >= 4 is 17.6 Å². The predicted octanol–water partition coefficient (Wildman–Crippen LogP) is 2.40. The van der Waals surface area contributed by atoms with Crippen LogP contribution in [0.3, 0.4) is 0 Å². The lowest BCUT2D eigenvalue weighted by Gasteiger charge is -2.29. The minimum atomic E-state index is -0.626. The number of nitrogens with two attached hydrogens (primary N) is 1.